The van der Waals surface area contributed by atoms with E-state index in [1.165, 1.54) is 16.3 Å². The molecular formula is C19H19NO. The zero-order valence-electron chi connectivity index (χ0n) is 12.1. The average molecular weight is 277 g/mol. The monoisotopic (exact) mass is 277 g/mol. The summed E-state index contributed by atoms with van der Waals surface area (Å²) in [5, 5.41) is 2.48. The molecule has 2 heteroatoms. The van der Waals surface area contributed by atoms with Crippen LogP contribution in [0.1, 0.15) is 24.1 Å². The smallest absolute Gasteiger partial charge is 0.119 e. The van der Waals surface area contributed by atoms with Crippen molar-refractivity contribution in [3.05, 3.63) is 77.9 Å². The average Bonchev–Trinajstić information content (AvgIpc) is 2.53. The molecule has 0 unspecified atom stereocenters. The first-order chi connectivity index (χ1) is 10.2. The van der Waals surface area contributed by atoms with Crippen LogP contribution in [-0.2, 0) is 6.61 Å². The molecule has 3 rings (SSSR count). The molecule has 0 heterocycles. The summed E-state index contributed by atoms with van der Waals surface area (Å²) in [6, 6.07) is 22.7. The molecule has 2 nitrogen and oxygen atoms in total. The second-order valence-electron chi connectivity index (χ2n) is 5.28. The maximum Gasteiger partial charge on any atom is 0.119 e. The van der Waals surface area contributed by atoms with Crippen molar-refractivity contribution in [2.45, 2.75) is 19.6 Å². The molecule has 0 aliphatic carbocycles. The summed E-state index contributed by atoms with van der Waals surface area (Å²) in [4.78, 5) is 0. The number of benzene rings is 3. The van der Waals surface area contributed by atoms with E-state index in [2.05, 4.69) is 42.5 Å². The first-order valence-electron chi connectivity index (χ1n) is 7.19. The van der Waals surface area contributed by atoms with E-state index < -0.39 is 0 Å². The van der Waals surface area contributed by atoms with E-state index in [0.29, 0.717) is 6.61 Å². The summed E-state index contributed by atoms with van der Waals surface area (Å²) < 4.78 is 5.89. The summed E-state index contributed by atoms with van der Waals surface area (Å²) in [7, 11) is 0. The molecule has 3 aromatic rings. The van der Waals surface area contributed by atoms with Gasteiger partial charge in [-0.05, 0) is 41.0 Å². The third-order valence-electron chi connectivity index (χ3n) is 3.68. The normalized spacial score (nSPS) is 12.3. The molecule has 0 spiro atoms. The Kier molecular flexibility index (Phi) is 3.89. The van der Waals surface area contributed by atoms with Crippen molar-refractivity contribution in [1.82, 2.24) is 0 Å². The molecule has 0 aliphatic rings. The number of hydrogen-bond acceptors (Lipinski definition) is 2. The lowest BCUT2D eigenvalue weighted by molar-refractivity contribution is 0.307. The predicted molar refractivity (Wildman–Crippen MR) is 87.3 cm³/mol. The summed E-state index contributed by atoms with van der Waals surface area (Å²) in [5.41, 5.74) is 8.17. The molecule has 0 bridgehead atoms. The fraction of sp³-hybridized carbons (Fsp3) is 0.158. The Morgan fingerprint density at radius 2 is 1.62 bits per heavy atom. The van der Waals surface area contributed by atoms with Crippen LogP contribution in [-0.4, -0.2) is 0 Å². The third kappa shape index (κ3) is 3.06. The van der Waals surface area contributed by atoms with Crippen LogP contribution in [0.15, 0.2) is 66.7 Å². The van der Waals surface area contributed by atoms with E-state index in [0.717, 1.165) is 11.3 Å². The van der Waals surface area contributed by atoms with Gasteiger partial charge in [0.1, 0.15) is 12.4 Å². The summed E-state index contributed by atoms with van der Waals surface area (Å²) >= 11 is 0. The lowest BCUT2D eigenvalue weighted by Crippen LogP contribution is -2.04. The minimum absolute atomic E-state index is 0.0529. The molecular weight excluding hydrogens is 258 g/mol. The maximum atomic E-state index is 5.89. The largest absolute Gasteiger partial charge is 0.489 e. The highest BCUT2D eigenvalue weighted by atomic mass is 16.5. The van der Waals surface area contributed by atoms with Crippen LogP contribution in [0.2, 0.25) is 0 Å². The van der Waals surface area contributed by atoms with Gasteiger partial charge in [0.05, 0.1) is 0 Å². The van der Waals surface area contributed by atoms with Crippen LogP contribution in [0.3, 0.4) is 0 Å². The molecule has 0 aromatic heterocycles. The van der Waals surface area contributed by atoms with Gasteiger partial charge in [0.25, 0.3) is 0 Å². The number of ether oxygens (including phenoxy) is 1. The van der Waals surface area contributed by atoms with Gasteiger partial charge in [-0.2, -0.15) is 0 Å². The molecule has 106 valence electrons. The maximum absolute atomic E-state index is 5.89. The fourth-order valence-electron chi connectivity index (χ4n) is 2.45. The Morgan fingerprint density at radius 1 is 0.905 bits per heavy atom. The van der Waals surface area contributed by atoms with Crippen LogP contribution in [0.5, 0.6) is 5.75 Å². The van der Waals surface area contributed by atoms with Crippen molar-refractivity contribution in [3.63, 3.8) is 0 Å². The Bertz CT molecular complexity index is 727. The number of rotatable bonds is 4. The molecule has 2 N–H and O–H groups in total. The van der Waals surface area contributed by atoms with Gasteiger partial charge in [-0.3, -0.25) is 0 Å². The Balaban J connectivity index is 1.77. The highest BCUT2D eigenvalue weighted by Crippen LogP contribution is 2.21. The van der Waals surface area contributed by atoms with Gasteiger partial charge in [0, 0.05) is 6.04 Å². The zero-order chi connectivity index (χ0) is 14.7. The van der Waals surface area contributed by atoms with Crippen LogP contribution in [0.25, 0.3) is 10.8 Å². The molecule has 0 saturated heterocycles. The van der Waals surface area contributed by atoms with E-state index in [4.69, 9.17) is 10.5 Å². The second kappa shape index (κ2) is 5.98. The lowest BCUT2D eigenvalue weighted by atomic mass is 10.1. The number of hydrogen-bond donors (Lipinski definition) is 1. The third-order valence-corrected chi connectivity index (χ3v) is 3.68. The highest BCUT2D eigenvalue weighted by Gasteiger charge is 2.03. The van der Waals surface area contributed by atoms with Crippen molar-refractivity contribution in [3.8, 4) is 5.75 Å². The zero-order valence-corrected chi connectivity index (χ0v) is 12.1. The number of fused-ring (bicyclic) bond motifs is 1. The minimum Gasteiger partial charge on any atom is -0.489 e. The second-order valence-corrected chi connectivity index (χ2v) is 5.28. The Morgan fingerprint density at radius 3 is 2.38 bits per heavy atom. The van der Waals surface area contributed by atoms with Gasteiger partial charge in [0.15, 0.2) is 0 Å². The van der Waals surface area contributed by atoms with Gasteiger partial charge in [-0.1, -0.05) is 54.6 Å². The van der Waals surface area contributed by atoms with Crippen LogP contribution < -0.4 is 10.5 Å². The summed E-state index contributed by atoms with van der Waals surface area (Å²) in [6.45, 7) is 2.55. The van der Waals surface area contributed by atoms with Crippen LogP contribution >= 0.6 is 0 Å². The van der Waals surface area contributed by atoms with E-state index in [-0.39, 0.29) is 6.04 Å². The van der Waals surface area contributed by atoms with E-state index in [1.54, 1.807) is 0 Å². The Hall–Kier alpha value is -2.32. The molecule has 0 aliphatic heterocycles. The van der Waals surface area contributed by atoms with Gasteiger partial charge in [0.2, 0.25) is 0 Å². The standard InChI is InChI=1S/C19H19NO/c1-14(20)15-9-11-18(12-10-15)21-13-17-7-4-6-16-5-2-3-8-19(16)17/h2-12,14H,13,20H2,1H3/t14-/m1/s1. The van der Waals surface area contributed by atoms with E-state index >= 15 is 0 Å². The number of nitrogens with two attached hydrogens (primary N) is 1. The SMILES string of the molecule is C[C@@H](N)c1ccc(OCc2cccc3ccccc23)cc1. The van der Waals surface area contributed by atoms with Crippen molar-refractivity contribution >= 4 is 10.8 Å². The summed E-state index contributed by atoms with van der Waals surface area (Å²) in [5.74, 6) is 0.868. The molecule has 0 amide bonds. The van der Waals surface area contributed by atoms with Crippen LogP contribution in [0.4, 0.5) is 0 Å². The topological polar surface area (TPSA) is 35.2 Å². The minimum atomic E-state index is 0.0529. The lowest BCUT2D eigenvalue weighted by Gasteiger charge is -2.10. The van der Waals surface area contributed by atoms with Gasteiger partial charge in [-0.25, -0.2) is 0 Å². The highest BCUT2D eigenvalue weighted by molar-refractivity contribution is 5.85. The Labute approximate surface area is 125 Å². The fourth-order valence-corrected chi connectivity index (χ4v) is 2.45. The first-order valence-corrected chi connectivity index (χ1v) is 7.19. The molecule has 0 fully saturated rings. The van der Waals surface area contributed by atoms with E-state index in [9.17, 15) is 0 Å². The molecule has 1 atom stereocenters. The van der Waals surface area contributed by atoms with Crippen LogP contribution in [0, 0.1) is 0 Å². The quantitative estimate of drug-likeness (QED) is 0.765. The predicted octanol–water partition coefficient (Wildman–Crippen LogP) is 4.44. The first kappa shape index (κ1) is 13.7. The van der Waals surface area contributed by atoms with Crippen molar-refractivity contribution in [1.29, 1.82) is 0 Å². The van der Waals surface area contributed by atoms with Gasteiger partial charge >= 0.3 is 0 Å². The van der Waals surface area contributed by atoms with Crippen molar-refractivity contribution in [2.24, 2.45) is 5.73 Å². The molecule has 0 saturated carbocycles. The van der Waals surface area contributed by atoms with Gasteiger partial charge < -0.3 is 10.5 Å². The van der Waals surface area contributed by atoms with Gasteiger partial charge in [-0.15, -0.1) is 0 Å². The molecule has 0 radical (unpaired) electrons. The van der Waals surface area contributed by atoms with E-state index in [1.807, 2.05) is 31.2 Å². The van der Waals surface area contributed by atoms with Crippen molar-refractivity contribution < 1.29 is 4.74 Å². The molecule has 21 heavy (non-hydrogen) atoms. The summed E-state index contributed by atoms with van der Waals surface area (Å²) in [6.07, 6.45) is 0. The molecule has 3 aromatic carbocycles. The van der Waals surface area contributed by atoms with Crippen molar-refractivity contribution in [2.75, 3.05) is 0 Å².